The largest absolute Gasteiger partial charge is 0.475 e. The van der Waals surface area contributed by atoms with Crippen molar-refractivity contribution < 1.29 is 9.90 Å². The quantitative estimate of drug-likeness (QED) is 0.899. The maximum Gasteiger partial charge on any atom is 0.372 e. The minimum atomic E-state index is -1.01. The highest BCUT2D eigenvalue weighted by molar-refractivity contribution is 5.84. The van der Waals surface area contributed by atoms with E-state index in [1.807, 2.05) is 18.2 Å². The lowest BCUT2D eigenvalue weighted by molar-refractivity contribution is 0.0681. The van der Waals surface area contributed by atoms with Gasteiger partial charge in [0.2, 0.25) is 5.82 Å². The Bertz CT molecular complexity index is 551. The molecule has 0 unspecified atom stereocenters. The summed E-state index contributed by atoms with van der Waals surface area (Å²) < 4.78 is 1.67. The predicted octanol–water partition coefficient (Wildman–Crippen LogP) is 2.70. The maximum absolute atomic E-state index is 11.2. The summed E-state index contributed by atoms with van der Waals surface area (Å²) in [5.74, 6) is -0.946. The molecule has 0 fully saturated rings. The molecule has 1 heterocycles. The second-order valence-corrected chi connectivity index (χ2v) is 4.06. The average molecular weight is 244 g/mol. The fraction of sp³-hybridized carbons (Fsp3) is 0.286. The third-order valence-electron chi connectivity index (χ3n) is 3.04. The Labute approximate surface area is 106 Å². The summed E-state index contributed by atoms with van der Waals surface area (Å²) in [5.41, 5.74) is 3.22. The second-order valence-electron chi connectivity index (χ2n) is 4.06. The van der Waals surface area contributed by atoms with Crippen LogP contribution in [0.25, 0.3) is 5.69 Å². The topological polar surface area (TPSA) is 55.1 Å². The molecule has 0 aliphatic heterocycles. The lowest BCUT2D eigenvalue weighted by atomic mass is 10.0. The van der Waals surface area contributed by atoms with Crippen molar-refractivity contribution in [2.24, 2.45) is 0 Å². The van der Waals surface area contributed by atoms with Crippen molar-refractivity contribution in [3.63, 3.8) is 0 Å². The first-order chi connectivity index (χ1) is 8.69. The Morgan fingerprint density at radius 2 is 1.89 bits per heavy atom. The molecule has 0 amide bonds. The van der Waals surface area contributed by atoms with Gasteiger partial charge in [0.05, 0.1) is 5.69 Å². The molecular weight excluding hydrogens is 228 g/mol. The molecule has 0 saturated carbocycles. The summed E-state index contributed by atoms with van der Waals surface area (Å²) in [4.78, 5) is 15.1. The van der Waals surface area contributed by atoms with Crippen LogP contribution in [-0.2, 0) is 12.8 Å². The summed E-state index contributed by atoms with van der Waals surface area (Å²) in [6, 6.07) is 6.07. The minimum absolute atomic E-state index is 0.0607. The molecule has 94 valence electrons. The highest BCUT2D eigenvalue weighted by atomic mass is 16.4. The zero-order valence-corrected chi connectivity index (χ0v) is 10.6. The molecule has 0 spiro atoms. The van der Waals surface area contributed by atoms with Crippen LogP contribution < -0.4 is 0 Å². The van der Waals surface area contributed by atoms with Gasteiger partial charge in [-0.1, -0.05) is 32.0 Å². The molecular formula is C14H16N2O2. The monoisotopic (exact) mass is 244 g/mol. The molecule has 0 radical (unpaired) electrons. The number of benzene rings is 1. The van der Waals surface area contributed by atoms with Crippen molar-refractivity contribution in [1.29, 1.82) is 0 Å². The zero-order valence-electron chi connectivity index (χ0n) is 10.6. The number of aromatic nitrogens is 2. The van der Waals surface area contributed by atoms with Crippen LogP contribution in [0.15, 0.2) is 30.6 Å². The van der Waals surface area contributed by atoms with Gasteiger partial charge in [-0.15, -0.1) is 0 Å². The SMILES string of the molecule is CCc1cccc(CC)c1-n1ccnc1C(=O)O. The smallest absolute Gasteiger partial charge is 0.372 e. The number of carbonyl (C=O) groups is 1. The van der Waals surface area contributed by atoms with Gasteiger partial charge in [-0.2, -0.15) is 0 Å². The Kier molecular flexibility index (Phi) is 3.46. The Morgan fingerprint density at radius 3 is 2.39 bits per heavy atom. The Balaban J connectivity index is 2.69. The van der Waals surface area contributed by atoms with Gasteiger partial charge < -0.3 is 5.11 Å². The van der Waals surface area contributed by atoms with Crippen molar-refractivity contribution in [2.75, 3.05) is 0 Å². The summed E-state index contributed by atoms with van der Waals surface area (Å²) in [6.07, 6.45) is 4.95. The van der Waals surface area contributed by atoms with E-state index < -0.39 is 5.97 Å². The molecule has 0 bridgehead atoms. The van der Waals surface area contributed by atoms with E-state index in [9.17, 15) is 4.79 Å². The highest BCUT2D eigenvalue weighted by Gasteiger charge is 2.16. The number of rotatable bonds is 4. The zero-order chi connectivity index (χ0) is 13.1. The van der Waals surface area contributed by atoms with Crippen LogP contribution in [0.4, 0.5) is 0 Å². The van der Waals surface area contributed by atoms with Gasteiger partial charge in [-0.25, -0.2) is 9.78 Å². The van der Waals surface area contributed by atoms with Gasteiger partial charge in [-0.05, 0) is 24.0 Å². The summed E-state index contributed by atoms with van der Waals surface area (Å²) in [6.45, 7) is 4.13. The van der Waals surface area contributed by atoms with E-state index in [1.165, 1.54) is 6.20 Å². The van der Waals surface area contributed by atoms with E-state index in [0.717, 1.165) is 29.7 Å². The summed E-state index contributed by atoms with van der Waals surface area (Å²) >= 11 is 0. The van der Waals surface area contributed by atoms with Gasteiger partial charge in [-0.3, -0.25) is 4.57 Å². The molecule has 18 heavy (non-hydrogen) atoms. The van der Waals surface area contributed by atoms with Gasteiger partial charge >= 0.3 is 5.97 Å². The number of hydrogen-bond acceptors (Lipinski definition) is 2. The molecule has 1 aromatic carbocycles. The first-order valence-electron chi connectivity index (χ1n) is 6.06. The van der Waals surface area contributed by atoms with Crippen molar-refractivity contribution in [2.45, 2.75) is 26.7 Å². The normalized spacial score (nSPS) is 10.6. The molecule has 1 N–H and O–H groups in total. The number of hydrogen-bond donors (Lipinski definition) is 1. The lowest BCUT2D eigenvalue weighted by Crippen LogP contribution is -2.11. The minimum Gasteiger partial charge on any atom is -0.475 e. The molecule has 0 saturated heterocycles. The first-order valence-corrected chi connectivity index (χ1v) is 6.06. The van der Waals surface area contributed by atoms with E-state index >= 15 is 0 Å². The number of carboxylic acids is 1. The molecule has 0 aliphatic carbocycles. The molecule has 2 aromatic rings. The van der Waals surface area contributed by atoms with Gasteiger partial charge in [0.15, 0.2) is 0 Å². The van der Waals surface area contributed by atoms with E-state index in [1.54, 1.807) is 10.8 Å². The number of imidazole rings is 1. The Hall–Kier alpha value is -2.10. The lowest BCUT2D eigenvalue weighted by Gasteiger charge is -2.15. The van der Waals surface area contributed by atoms with E-state index in [0.29, 0.717) is 0 Å². The fourth-order valence-electron chi connectivity index (χ4n) is 2.17. The molecule has 4 nitrogen and oxygen atoms in total. The van der Waals surface area contributed by atoms with Crippen LogP contribution in [0, 0.1) is 0 Å². The number of nitrogens with zero attached hydrogens (tertiary/aromatic N) is 2. The van der Waals surface area contributed by atoms with Crippen molar-refractivity contribution in [1.82, 2.24) is 9.55 Å². The average Bonchev–Trinajstić information content (AvgIpc) is 2.86. The maximum atomic E-state index is 11.2. The molecule has 4 heteroatoms. The van der Waals surface area contributed by atoms with Gasteiger partial charge in [0.1, 0.15) is 0 Å². The third-order valence-corrected chi connectivity index (χ3v) is 3.04. The van der Waals surface area contributed by atoms with Gasteiger partial charge in [0.25, 0.3) is 0 Å². The second kappa shape index (κ2) is 5.04. The van der Waals surface area contributed by atoms with E-state index in [4.69, 9.17) is 5.11 Å². The van der Waals surface area contributed by atoms with Crippen LogP contribution in [0.2, 0.25) is 0 Å². The fourth-order valence-corrected chi connectivity index (χ4v) is 2.17. The van der Waals surface area contributed by atoms with Gasteiger partial charge in [0, 0.05) is 12.4 Å². The number of para-hydroxylation sites is 1. The molecule has 0 atom stereocenters. The van der Waals surface area contributed by atoms with Crippen LogP contribution in [0.1, 0.15) is 35.6 Å². The summed E-state index contributed by atoms with van der Waals surface area (Å²) in [5, 5.41) is 9.16. The standard InChI is InChI=1S/C14H16N2O2/c1-3-10-6-5-7-11(4-2)12(10)16-9-8-15-13(16)14(17)18/h5-9H,3-4H2,1-2H3,(H,17,18). The highest BCUT2D eigenvalue weighted by Crippen LogP contribution is 2.22. The van der Waals surface area contributed by atoms with Crippen LogP contribution >= 0.6 is 0 Å². The molecule has 2 rings (SSSR count). The van der Waals surface area contributed by atoms with E-state index in [-0.39, 0.29) is 5.82 Å². The Morgan fingerprint density at radius 1 is 1.28 bits per heavy atom. The van der Waals surface area contributed by atoms with Crippen molar-refractivity contribution >= 4 is 5.97 Å². The molecule has 1 aromatic heterocycles. The first kappa shape index (κ1) is 12.4. The molecule has 0 aliphatic rings. The number of aromatic carboxylic acids is 1. The summed E-state index contributed by atoms with van der Waals surface area (Å²) in [7, 11) is 0. The third kappa shape index (κ3) is 2.01. The number of aryl methyl sites for hydroxylation is 2. The number of carboxylic acid groups (broad SMARTS) is 1. The van der Waals surface area contributed by atoms with Crippen LogP contribution in [-0.4, -0.2) is 20.6 Å². The van der Waals surface area contributed by atoms with E-state index in [2.05, 4.69) is 18.8 Å². The van der Waals surface area contributed by atoms with Crippen LogP contribution in [0.3, 0.4) is 0 Å². The van der Waals surface area contributed by atoms with Crippen LogP contribution in [0.5, 0.6) is 0 Å². The van der Waals surface area contributed by atoms with Crippen molar-refractivity contribution in [3.05, 3.63) is 47.5 Å². The van der Waals surface area contributed by atoms with Crippen molar-refractivity contribution in [3.8, 4) is 5.69 Å². The predicted molar refractivity (Wildman–Crippen MR) is 69.3 cm³/mol.